The molecule has 0 unspecified atom stereocenters. The number of carbonyl (C=O) groups is 2. The molecule has 0 radical (unpaired) electrons. The minimum absolute atomic E-state index is 0.0223. The van der Waals surface area contributed by atoms with E-state index in [2.05, 4.69) is 10.2 Å². The summed E-state index contributed by atoms with van der Waals surface area (Å²) in [5, 5.41) is 3.03. The number of anilines is 1. The molecule has 0 aliphatic carbocycles. The maximum Gasteiger partial charge on any atom is 0.246 e. The number of para-hydroxylation sites is 2. The molecule has 3 rings (SSSR count). The van der Waals surface area contributed by atoms with Crippen molar-refractivity contribution >= 4 is 23.6 Å². The van der Waals surface area contributed by atoms with Crippen LogP contribution >= 0.6 is 0 Å². The van der Waals surface area contributed by atoms with E-state index in [1.807, 2.05) is 68.1 Å². The number of aryl methyl sites for hydroxylation is 2. The molecular weight excluding hydrogens is 390 g/mol. The molecule has 164 valence electrons. The topological polar surface area (TPSA) is 61.9 Å². The molecular formula is C25H31N3O3. The van der Waals surface area contributed by atoms with E-state index in [-0.39, 0.29) is 11.8 Å². The van der Waals surface area contributed by atoms with E-state index in [1.165, 1.54) is 0 Å². The number of benzene rings is 2. The predicted molar refractivity (Wildman–Crippen MR) is 124 cm³/mol. The Bertz CT molecular complexity index is 927. The number of carbonyl (C=O) groups excluding carboxylic acids is 2. The molecule has 2 amide bonds. The standard InChI is InChI=1S/C25H31N3O3/c1-4-31-22-11-6-5-10-21(22)12-13-24(30)28-16-14-27(15-17-28)18-23(29)26-25-19(2)8-7-9-20(25)3/h5-13H,4,14-18H2,1-3H3,(H,26,29)/b13-12+. The van der Waals surface area contributed by atoms with E-state index < -0.39 is 0 Å². The Morgan fingerprint density at radius 3 is 2.35 bits per heavy atom. The van der Waals surface area contributed by atoms with E-state index in [9.17, 15) is 9.59 Å². The molecule has 1 N–H and O–H groups in total. The first-order valence-corrected chi connectivity index (χ1v) is 10.7. The molecule has 31 heavy (non-hydrogen) atoms. The van der Waals surface area contributed by atoms with Crippen molar-refractivity contribution in [1.29, 1.82) is 0 Å². The average molecular weight is 422 g/mol. The number of rotatable bonds is 7. The van der Waals surface area contributed by atoms with E-state index in [1.54, 1.807) is 12.2 Å². The fourth-order valence-corrected chi connectivity index (χ4v) is 3.69. The van der Waals surface area contributed by atoms with Crippen LogP contribution in [0, 0.1) is 13.8 Å². The number of nitrogens with one attached hydrogen (secondary N) is 1. The summed E-state index contributed by atoms with van der Waals surface area (Å²) in [4.78, 5) is 29.0. The molecule has 0 atom stereocenters. The van der Waals surface area contributed by atoms with Crippen molar-refractivity contribution in [3.05, 3.63) is 65.2 Å². The highest BCUT2D eigenvalue weighted by Gasteiger charge is 2.21. The molecule has 6 heteroatoms. The maximum atomic E-state index is 12.6. The van der Waals surface area contributed by atoms with Crippen molar-refractivity contribution in [2.45, 2.75) is 20.8 Å². The number of amides is 2. The van der Waals surface area contributed by atoms with Gasteiger partial charge < -0.3 is 15.0 Å². The summed E-state index contributed by atoms with van der Waals surface area (Å²) in [6.45, 7) is 9.39. The highest BCUT2D eigenvalue weighted by atomic mass is 16.5. The zero-order valence-electron chi connectivity index (χ0n) is 18.6. The molecule has 1 saturated heterocycles. The number of nitrogens with zero attached hydrogens (tertiary/aromatic N) is 2. The van der Waals surface area contributed by atoms with E-state index in [4.69, 9.17) is 4.74 Å². The van der Waals surface area contributed by atoms with Gasteiger partial charge in [-0.05, 0) is 44.0 Å². The number of piperazine rings is 1. The number of hydrogen-bond acceptors (Lipinski definition) is 4. The Hall–Kier alpha value is -3.12. The van der Waals surface area contributed by atoms with Gasteiger partial charge in [-0.15, -0.1) is 0 Å². The summed E-state index contributed by atoms with van der Waals surface area (Å²) >= 11 is 0. The number of hydrogen-bond donors (Lipinski definition) is 1. The van der Waals surface area contributed by atoms with E-state index in [0.29, 0.717) is 39.3 Å². The van der Waals surface area contributed by atoms with Crippen molar-refractivity contribution in [2.24, 2.45) is 0 Å². The highest BCUT2D eigenvalue weighted by molar-refractivity contribution is 5.94. The zero-order valence-corrected chi connectivity index (χ0v) is 18.6. The lowest BCUT2D eigenvalue weighted by atomic mass is 10.1. The Balaban J connectivity index is 1.49. The third-order valence-electron chi connectivity index (χ3n) is 5.42. The summed E-state index contributed by atoms with van der Waals surface area (Å²) in [5.41, 5.74) is 3.89. The van der Waals surface area contributed by atoms with Crippen molar-refractivity contribution in [2.75, 3.05) is 44.6 Å². The van der Waals surface area contributed by atoms with Crippen LogP contribution in [-0.4, -0.2) is 60.9 Å². The zero-order chi connectivity index (χ0) is 22.2. The van der Waals surface area contributed by atoms with Crippen molar-refractivity contribution in [1.82, 2.24) is 9.80 Å². The lowest BCUT2D eigenvalue weighted by molar-refractivity contribution is -0.127. The molecule has 0 saturated carbocycles. The summed E-state index contributed by atoms with van der Waals surface area (Å²) in [6, 6.07) is 13.6. The lowest BCUT2D eigenvalue weighted by Gasteiger charge is -2.33. The fraction of sp³-hybridized carbons (Fsp3) is 0.360. The molecule has 6 nitrogen and oxygen atoms in total. The largest absolute Gasteiger partial charge is 0.493 e. The van der Waals surface area contributed by atoms with Gasteiger partial charge >= 0.3 is 0 Å². The molecule has 2 aromatic carbocycles. The average Bonchev–Trinajstić information content (AvgIpc) is 2.76. The minimum Gasteiger partial charge on any atom is -0.493 e. The third-order valence-corrected chi connectivity index (χ3v) is 5.42. The lowest BCUT2D eigenvalue weighted by Crippen LogP contribution is -2.50. The maximum absolute atomic E-state index is 12.6. The molecule has 1 aliphatic heterocycles. The molecule has 0 aromatic heterocycles. The van der Waals surface area contributed by atoms with Crippen LogP contribution in [0.2, 0.25) is 0 Å². The first-order chi connectivity index (χ1) is 15.0. The fourth-order valence-electron chi connectivity index (χ4n) is 3.69. The molecule has 1 fully saturated rings. The van der Waals surface area contributed by atoms with Gasteiger partial charge in [0.05, 0.1) is 13.2 Å². The Kier molecular flexibility index (Phi) is 7.84. The summed E-state index contributed by atoms with van der Waals surface area (Å²) < 4.78 is 5.60. The SMILES string of the molecule is CCOc1ccccc1/C=C/C(=O)N1CCN(CC(=O)Nc2c(C)cccc2C)CC1. The Morgan fingerprint density at radius 1 is 1.00 bits per heavy atom. The van der Waals surface area contributed by atoms with Gasteiger partial charge in [0.2, 0.25) is 11.8 Å². The van der Waals surface area contributed by atoms with Crippen LogP contribution in [0.3, 0.4) is 0 Å². The molecule has 2 aromatic rings. The van der Waals surface area contributed by atoms with Gasteiger partial charge in [-0.3, -0.25) is 14.5 Å². The van der Waals surface area contributed by atoms with Crippen LogP contribution in [0.25, 0.3) is 6.08 Å². The van der Waals surface area contributed by atoms with Crippen LogP contribution in [-0.2, 0) is 9.59 Å². The van der Waals surface area contributed by atoms with Gasteiger partial charge in [-0.1, -0.05) is 36.4 Å². The first-order valence-electron chi connectivity index (χ1n) is 10.7. The Morgan fingerprint density at radius 2 is 1.68 bits per heavy atom. The second kappa shape index (κ2) is 10.8. The highest BCUT2D eigenvalue weighted by Crippen LogP contribution is 2.20. The molecule has 0 bridgehead atoms. The predicted octanol–water partition coefficient (Wildman–Crippen LogP) is 3.50. The third kappa shape index (κ3) is 6.18. The summed E-state index contributed by atoms with van der Waals surface area (Å²) in [7, 11) is 0. The van der Waals surface area contributed by atoms with Gasteiger partial charge in [-0.25, -0.2) is 0 Å². The normalized spacial score (nSPS) is 14.6. The van der Waals surface area contributed by atoms with Gasteiger partial charge in [0.15, 0.2) is 0 Å². The molecule has 0 spiro atoms. The summed E-state index contributed by atoms with van der Waals surface area (Å²) in [6.07, 6.45) is 3.40. The van der Waals surface area contributed by atoms with Crippen molar-refractivity contribution in [3.8, 4) is 5.75 Å². The van der Waals surface area contributed by atoms with Gasteiger partial charge in [-0.2, -0.15) is 0 Å². The quantitative estimate of drug-likeness (QED) is 0.695. The van der Waals surface area contributed by atoms with E-state index in [0.717, 1.165) is 28.1 Å². The second-order valence-electron chi connectivity index (χ2n) is 7.72. The minimum atomic E-state index is -0.0235. The van der Waals surface area contributed by atoms with Crippen LogP contribution in [0.4, 0.5) is 5.69 Å². The Labute approximate surface area is 184 Å². The van der Waals surface area contributed by atoms with Gasteiger partial charge in [0.25, 0.3) is 0 Å². The van der Waals surface area contributed by atoms with Gasteiger partial charge in [0.1, 0.15) is 5.75 Å². The van der Waals surface area contributed by atoms with Crippen LogP contribution in [0.1, 0.15) is 23.6 Å². The van der Waals surface area contributed by atoms with Crippen molar-refractivity contribution < 1.29 is 14.3 Å². The van der Waals surface area contributed by atoms with Crippen LogP contribution in [0.5, 0.6) is 5.75 Å². The van der Waals surface area contributed by atoms with Crippen molar-refractivity contribution in [3.63, 3.8) is 0 Å². The van der Waals surface area contributed by atoms with Gasteiger partial charge in [0, 0.05) is 43.5 Å². The first kappa shape index (κ1) is 22.6. The van der Waals surface area contributed by atoms with E-state index >= 15 is 0 Å². The second-order valence-corrected chi connectivity index (χ2v) is 7.72. The molecule has 1 heterocycles. The van der Waals surface area contributed by atoms with Crippen LogP contribution < -0.4 is 10.1 Å². The van der Waals surface area contributed by atoms with Crippen LogP contribution in [0.15, 0.2) is 48.5 Å². The smallest absolute Gasteiger partial charge is 0.246 e. The summed E-state index contributed by atoms with van der Waals surface area (Å²) in [5.74, 6) is 0.726. The number of ether oxygens (including phenoxy) is 1. The molecule has 1 aliphatic rings. The monoisotopic (exact) mass is 421 g/mol.